The van der Waals surface area contributed by atoms with Gasteiger partial charge in [0.2, 0.25) is 0 Å². The van der Waals surface area contributed by atoms with Crippen molar-refractivity contribution in [3.8, 4) is 0 Å². The minimum absolute atomic E-state index is 1.14. The minimum Gasteiger partial charge on any atom is -0.481 e. The van der Waals surface area contributed by atoms with E-state index in [0.717, 1.165) is 0 Å². The molecule has 0 rings (SSSR count). The molecule has 0 aliphatic heterocycles. The van der Waals surface area contributed by atoms with E-state index in [-0.39, 0.29) is 0 Å². The van der Waals surface area contributed by atoms with Crippen LogP contribution in [0.4, 0.5) is 0 Å². The van der Waals surface area contributed by atoms with Crippen molar-refractivity contribution in [1.29, 1.82) is 0 Å². The highest BCUT2D eigenvalue weighted by molar-refractivity contribution is 7.45. The topological polar surface area (TPSA) is 342 Å². The number of hydrogen-bond acceptors (Lipinski definition) is 9. The first kappa shape index (κ1) is 32.5. The SMILES string of the molecule is O=C(O)CC(O)(CC(=O)O)C(=O)O.O=C(O)CC(O)(CC(=O)O)C(=O)O.O=P(O)(O)O. The summed E-state index contributed by atoms with van der Waals surface area (Å²) in [6.45, 7) is 0. The van der Waals surface area contributed by atoms with Gasteiger partial charge in [-0.3, -0.25) is 19.2 Å². The number of carboxylic acids is 6. The van der Waals surface area contributed by atoms with Crippen LogP contribution in [0.5, 0.6) is 0 Å². The van der Waals surface area contributed by atoms with Crippen LogP contribution in [-0.4, -0.2) is 103 Å². The first-order valence-corrected chi connectivity index (χ1v) is 8.69. The molecule has 0 aliphatic rings. The lowest BCUT2D eigenvalue weighted by atomic mass is 9.96. The summed E-state index contributed by atoms with van der Waals surface area (Å²) in [5, 5.41) is 67.6. The predicted octanol–water partition coefficient (Wildman–Crippen LogP) is -3.43. The van der Waals surface area contributed by atoms with E-state index in [1.165, 1.54) is 0 Å². The van der Waals surface area contributed by atoms with E-state index >= 15 is 0 Å². The molecule has 0 aliphatic carbocycles. The Labute approximate surface area is 170 Å². The van der Waals surface area contributed by atoms with Gasteiger partial charge in [0.15, 0.2) is 11.2 Å². The van der Waals surface area contributed by atoms with Crippen LogP contribution in [0.2, 0.25) is 0 Å². The third kappa shape index (κ3) is 19.9. The zero-order chi connectivity index (χ0) is 25.8. The van der Waals surface area contributed by atoms with Gasteiger partial charge in [0.1, 0.15) is 0 Å². The Kier molecular flexibility index (Phi) is 13.9. The van der Waals surface area contributed by atoms with E-state index in [4.69, 9.17) is 60.1 Å². The molecule has 0 aromatic carbocycles. The van der Waals surface area contributed by atoms with Gasteiger partial charge in [-0.15, -0.1) is 0 Å². The molecule has 31 heavy (non-hydrogen) atoms. The fourth-order valence-electron chi connectivity index (χ4n) is 1.43. The molecule has 18 nitrogen and oxygen atoms in total. The fraction of sp³-hybridized carbons (Fsp3) is 0.500. The molecular weight excluding hydrogens is 463 g/mol. The summed E-state index contributed by atoms with van der Waals surface area (Å²) < 4.78 is 8.88. The Morgan fingerprint density at radius 2 is 0.645 bits per heavy atom. The number of carboxylic acid groups (broad SMARTS) is 6. The number of carbonyl (C=O) groups is 6. The molecule has 0 spiro atoms. The molecule has 0 amide bonds. The van der Waals surface area contributed by atoms with Crippen LogP contribution in [0, 0.1) is 0 Å². The molecule has 0 saturated carbocycles. The molecule has 0 atom stereocenters. The summed E-state index contributed by atoms with van der Waals surface area (Å²) in [7, 11) is -4.64. The Morgan fingerprint density at radius 1 is 0.516 bits per heavy atom. The molecule has 19 heteroatoms. The van der Waals surface area contributed by atoms with Crippen LogP contribution in [0.1, 0.15) is 25.7 Å². The molecule has 0 unspecified atom stereocenters. The van der Waals surface area contributed by atoms with Gasteiger partial charge in [-0.25, -0.2) is 14.2 Å². The van der Waals surface area contributed by atoms with Crippen LogP contribution in [0.25, 0.3) is 0 Å². The van der Waals surface area contributed by atoms with Crippen molar-refractivity contribution in [3.05, 3.63) is 0 Å². The third-order valence-electron chi connectivity index (χ3n) is 2.57. The van der Waals surface area contributed by atoms with Gasteiger partial charge < -0.3 is 55.5 Å². The summed E-state index contributed by atoms with van der Waals surface area (Å²) in [6.07, 6.45) is -4.58. The summed E-state index contributed by atoms with van der Waals surface area (Å²) in [6, 6.07) is 0. The maximum atomic E-state index is 10.3. The molecule has 0 radical (unpaired) electrons. The van der Waals surface area contributed by atoms with E-state index in [1.54, 1.807) is 0 Å². The summed E-state index contributed by atoms with van der Waals surface area (Å²) in [5.41, 5.74) is -5.48. The van der Waals surface area contributed by atoms with Crippen molar-refractivity contribution in [3.63, 3.8) is 0 Å². The zero-order valence-corrected chi connectivity index (χ0v) is 15.9. The monoisotopic (exact) mass is 482 g/mol. The van der Waals surface area contributed by atoms with Gasteiger partial charge in [-0.2, -0.15) is 0 Å². The number of aliphatic hydroxyl groups is 2. The molecular formula is C12H19O18P. The lowest BCUT2D eigenvalue weighted by Crippen LogP contribution is -2.42. The summed E-state index contributed by atoms with van der Waals surface area (Å²) in [5.74, 6) is -10.0. The maximum Gasteiger partial charge on any atom is 0.466 e. The van der Waals surface area contributed by atoms with Gasteiger partial charge in [-0.05, 0) is 0 Å². The van der Waals surface area contributed by atoms with Gasteiger partial charge in [0.25, 0.3) is 0 Å². The quantitative estimate of drug-likeness (QED) is 0.135. The molecule has 0 saturated heterocycles. The van der Waals surface area contributed by atoms with Crippen molar-refractivity contribution >= 4 is 43.6 Å². The van der Waals surface area contributed by atoms with Crippen LogP contribution in [0.3, 0.4) is 0 Å². The van der Waals surface area contributed by atoms with Crippen LogP contribution in [0.15, 0.2) is 0 Å². The normalized spacial score (nSPS) is 11.0. The second-order valence-electron chi connectivity index (χ2n) is 5.47. The van der Waals surface area contributed by atoms with Gasteiger partial charge >= 0.3 is 43.6 Å². The van der Waals surface area contributed by atoms with Crippen molar-refractivity contribution in [1.82, 2.24) is 0 Å². The lowest BCUT2D eigenvalue weighted by molar-refractivity contribution is -0.170. The largest absolute Gasteiger partial charge is 0.481 e. The highest BCUT2D eigenvalue weighted by Crippen LogP contribution is 2.25. The Hall–Kier alpha value is -3.15. The average Bonchev–Trinajstić information content (AvgIpc) is 2.41. The average molecular weight is 482 g/mol. The van der Waals surface area contributed by atoms with Crippen molar-refractivity contribution < 1.29 is 88.9 Å². The zero-order valence-electron chi connectivity index (χ0n) is 15.1. The predicted molar refractivity (Wildman–Crippen MR) is 88.4 cm³/mol. The molecule has 0 heterocycles. The van der Waals surface area contributed by atoms with Crippen molar-refractivity contribution in [2.24, 2.45) is 0 Å². The number of aliphatic carboxylic acids is 6. The van der Waals surface area contributed by atoms with E-state index in [0.29, 0.717) is 0 Å². The molecule has 11 N–H and O–H groups in total. The maximum absolute atomic E-state index is 10.3. The molecule has 0 aromatic heterocycles. The highest BCUT2D eigenvalue weighted by Gasteiger charge is 2.41. The Morgan fingerprint density at radius 3 is 0.710 bits per heavy atom. The van der Waals surface area contributed by atoms with Gasteiger partial charge in [-0.1, -0.05) is 0 Å². The summed E-state index contributed by atoms with van der Waals surface area (Å²) in [4.78, 5) is 82.5. The lowest BCUT2D eigenvalue weighted by Gasteiger charge is -2.18. The van der Waals surface area contributed by atoms with Crippen LogP contribution >= 0.6 is 7.82 Å². The molecule has 0 bridgehead atoms. The smallest absolute Gasteiger partial charge is 0.466 e. The standard InChI is InChI=1S/2C6H8O7.H3O4P/c2*7-3(8)1-6(13,5(11)12)2-4(9)10;1-5(2,3)4/h2*13H,1-2H2,(H,7,8)(H,9,10)(H,11,12);(H3,1,2,3,4). The van der Waals surface area contributed by atoms with E-state index in [9.17, 15) is 28.8 Å². The number of hydrogen-bond donors (Lipinski definition) is 11. The Balaban J connectivity index is -0.000000416. The Bertz CT molecular complexity index is 642. The first-order chi connectivity index (χ1) is 13.6. The van der Waals surface area contributed by atoms with E-state index < -0.39 is 80.5 Å². The van der Waals surface area contributed by atoms with Crippen LogP contribution < -0.4 is 0 Å². The highest BCUT2D eigenvalue weighted by atomic mass is 31.2. The second-order valence-corrected chi connectivity index (χ2v) is 6.50. The third-order valence-corrected chi connectivity index (χ3v) is 2.57. The number of phosphoric acid groups is 1. The summed E-state index contributed by atoms with van der Waals surface area (Å²) >= 11 is 0. The fourth-order valence-corrected chi connectivity index (χ4v) is 1.43. The molecule has 180 valence electrons. The van der Waals surface area contributed by atoms with Crippen molar-refractivity contribution in [2.45, 2.75) is 36.9 Å². The van der Waals surface area contributed by atoms with E-state index in [1.807, 2.05) is 0 Å². The van der Waals surface area contributed by atoms with Gasteiger partial charge in [0.05, 0.1) is 25.7 Å². The number of rotatable bonds is 10. The van der Waals surface area contributed by atoms with E-state index in [2.05, 4.69) is 0 Å². The molecule has 0 fully saturated rings. The minimum atomic E-state index is -4.64. The second kappa shape index (κ2) is 13.2. The van der Waals surface area contributed by atoms with Crippen molar-refractivity contribution in [2.75, 3.05) is 0 Å². The molecule has 0 aromatic rings. The first-order valence-electron chi connectivity index (χ1n) is 7.12. The van der Waals surface area contributed by atoms with Gasteiger partial charge in [0, 0.05) is 0 Å². The van der Waals surface area contributed by atoms with Crippen LogP contribution in [-0.2, 0) is 33.3 Å².